The second-order valence-electron chi connectivity index (χ2n) is 2.78. The van der Waals surface area contributed by atoms with Crippen molar-refractivity contribution in [2.75, 3.05) is 5.73 Å². The fourth-order valence-electron chi connectivity index (χ4n) is 1.15. The van der Waals surface area contributed by atoms with Crippen molar-refractivity contribution in [1.29, 1.82) is 0 Å². The van der Waals surface area contributed by atoms with Gasteiger partial charge in [-0.1, -0.05) is 0 Å². The number of thiophene rings is 1. The van der Waals surface area contributed by atoms with E-state index >= 15 is 0 Å². The van der Waals surface area contributed by atoms with E-state index in [-0.39, 0.29) is 11.5 Å². The number of nitrogens with zero attached hydrogens (tertiary/aromatic N) is 2. The lowest BCUT2D eigenvalue weighted by Crippen LogP contribution is -1.97. The molecular weight excluding hydrogens is 269 g/mol. The summed E-state index contributed by atoms with van der Waals surface area (Å²) in [5, 5.41) is 5.87. The van der Waals surface area contributed by atoms with Crippen molar-refractivity contribution < 1.29 is 4.39 Å². The summed E-state index contributed by atoms with van der Waals surface area (Å²) in [5.41, 5.74) is 6.50. The standard InChI is InChI=1S/C8H7BrFN3S/c1-13-8(11)5(10)6(12-13)4-2-3-14-7(4)9/h2-3H,11H2,1H3. The van der Waals surface area contributed by atoms with Gasteiger partial charge in [0.05, 0.1) is 3.79 Å². The van der Waals surface area contributed by atoms with Crippen LogP contribution in [0.2, 0.25) is 0 Å². The maximum Gasteiger partial charge on any atom is 0.192 e. The number of aryl methyl sites for hydroxylation is 1. The van der Waals surface area contributed by atoms with Gasteiger partial charge < -0.3 is 5.73 Å². The Morgan fingerprint density at radius 3 is 2.79 bits per heavy atom. The van der Waals surface area contributed by atoms with E-state index in [4.69, 9.17) is 5.73 Å². The van der Waals surface area contributed by atoms with Crippen molar-refractivity contribution in [3.8, 4) is 11.3 Å². The van der Waals surface area contributed by atoms with E-state index < -0.39 is 5.82 Å². The first-order chi connectivity index (χ1) is 6.61. The van der Waals surface area contributed by atoms with Gasteiger partial charge in [-0.25, -0.2) is 9.07 Å². The van der Waals surface area contributed by atoms with Crippen LogP contribution < -0.4 is 5.73 Å². The van der Waals surface area contributed by atoms with Crippen molar-refractivity contribution in [3.05, 3.63) is 21.1 Å². The first kappa shape index (κ1) is 9.67. The highest BCUT2D eigenvalue weighted by atomic mass is 79.9. The summed E-state index contributed by atoms with van der Waals surface area (Å²) in [4.78, 5) is 0. The molecular formula is C8H7BrFN3S. The molecule has 0 radical (unpaired) electrons. The van der Waals surface area contributed by atoms with Crippen LogP contribution in [0.3, 0.4) is 0 Å². The minimum atomic E-state index is -0.466. The molecule has 0 saturated heterocycles. The lowest BCUT2D eigenvalue weighted by molar-refractivity contribution is 0.634. The van der Waals surface area contributed by atoms with Crippen LogP contribution in [0.5, 0.6) is 0 Å². The molecule has 3 nitrogen and oxygen atoms in total. The Balaban J connectivity index is 2.63. The number of hydrogen-bond donors (Lipinski definition) is 1. The summed E-state index contributed by atoms with van der Waals surface area (Å²) < 4.78 is 15.7. The van der Waals surface area contributed by atoms with Crippen molar-refractivity contribution in [2.45, 2.75) is 0 Å². The van der Waals surface area contributed by atoms with Crippen LogP contribution >= 0.6 is 27.3 Å². The van der Waals surface area contributed by atoms with Gasteiger partial charge in [-0.05, 0) is 27.4 Å². The molecule has 0 aromatic carbocycles. The van der Waals surface area contributed by atoms with Gasteiger partial charge in [0.2, 0.25) is 0 Å². The monoisotopic (exact) mass is 275 g/mol. The summed E-state index contributed by atoms with van der Waals surface area (Å²) in [6.45, 7) is 0. The van der Waals surface area contributed by atoms with E-state index in [1.54, 1.807) is 13.1 Å². The lowest BCUT2D eigenvalue weighted by atomic mass is 10.2. The molecule has 2 heterocycles. The molecule has 0 fully saturated rings. The quantitative estimate of drug-likeness (QED) is 0.870. The Bertz CT molecular complexity index is 477. The highest BCUT2D eigenvalue weighted by Gasteiger charge is 2.17. The Morgan fingerprint density at radius 2 is 2.36 bits per heavy atom. The second kappa shape index (κ2) is 3.36. The van der Waals surface area contributed by atoms with Gasteiger partial charge in [0.25, 0.3) is 0 Å². The van der Waals surface area contributed by atoms with E-state index in [2.05, 4.69) is 21.0 Å². The molecule has 2 aromatic rings. The highest BCUT2D eigenvalue weighted by molar-refractivity contribution is 9.11. The molecule has 14 heavy (non-hydrogen) atoms. The van der Waals surface area contributed by atoms with Gasteiger partial charge in [-0.2, -0.15) is 5.10 Å². The van der Waals surface area contributed by atoms with Crippen molar-refractivity contribution in [3.63, 3.8) is 0 Å². The maximum absolute atomic E-state index is 13.5. The third kappa shape index (κ3) is 1.34. The number of anilines is 1. The van der Waals surface area contributed by atoms with Crippen LogP contribution in [0.4, 0.5) is 10.2 Å². The molecule has 2 aromatic heterocycles. The van der Waals surface area contributed by atoms with Crippen LogP contribution in [0.15, 0.2) is 15.2 Å². The van der Waals surface area contributed by atoms with Gasteiger partial charge in [-0.15, -0.1) is 11.3 Å². The molecule has 0 bridgehead atoms. The van der Waals surface area contributed by atoms with Crippen LogP contribution in [0, 0.1) is 5.82 Å². The molecule has 0 unspecified atom stereocenters. The Hall–Kier alpha value is -0.880. The topological polar surface area (TPSA) is 43.8 Å². The number of nitrogens with two attached hydrogens (primary N) is 1. The molecule has 6 heteroatoms. The predicted octanol–water partition coefficient (Wildman–Crippen LogP) is 2.63. The second-order valence-corrected chi connectivity index (χ2v) is 5.01. The number of halogens is 2. The Morgan fingerprint density at radius 1 is 1.64 bits per heavy atom. The maximum atomic E-state index is 13.5. The molecule has 0 aliphatic carbocycles. The summed E-state index contributed by atoms with van der Waals surface area (Å²) in [5.74, 6) is -0.412. The zero-order valence-corrected chi connectivity index (χ0v) is 9.69. The summed E-state index contributed by atoms with van der Waals surface area (Å²) >= 11 is 4.82. The molecule has 0 aliphatic heterocycles. The van der Waals surface area contributed by atoms with E-state index in [9.17, 15) is 4.39 Å². The van der Waals surface area contributed by atoms with Gasteiger partial charge in [0, 0.05) is 12.6 Å². The number of rotatable bonds is 1. The molecule has 0 amide bonds. The van der Waals surface area contributed by atoms with Gasteiger partial charge in [0.15, 0.2) is 11.6 Å². The number of nitrogen functional groups attached to an aromatic ring is 1. The van der Waals surface area contributed by atoms with Crippen molar-refractivity contribution in [2.24, 2.45) is 7.05 Å². The molecule has 0 aliphatic rings. The molecule has 2 N–H and O–H groups in total. The lowest BCUT2D eigenvalue weighted by Gasteiger charge is -1.91. The summed E-state index contributed by atoms with van der Waals surface area (Å²) in [6, 6.07) is 1.81. The normalized spacial score (nSPS) is 10.8. The summed E-state index contributed by atoms with van der Waals surface area (Å²) in [6.07, 6.45) is 0. The predicted molar refractivity (Wildman–Crippen MR) is 58.6 cm³/mol. The third-order valence-electron chi connectivity index (χ3n) is 1.90. The van der Waals surface area contributed by atoms with Gasteiger partial charge >= 0.3 is 0 Å². The fraction of sp³-hybridized carbons (Fsp3) is 0.125. The zero-order chi connectivity index (χ0) is 10.3. The van der Waals surface area contributed by atoms with Crippen molar-refractivity contribution in [1.82, 2.24) is 9.78 Å². The average molecular weight is 276 g/mol. The fourth-order valence-corrected chi connectivity index (χ4v) is 2.41. The zero-order valence-electron chi connectivity index (χ0n) is 7.29. The van der Waals surface area contributed by atoms with Crippen LogP contribution in [-0.4, -0.2) is 9.78 Å². The number of hydrogen-bond acceptors (Lipinski definition) is 3. The highest BCUT2D eigenvalue weighted by Crippen LogP contribution is 2.34. The first-order valence-corrected chi connectivity index (χ1v) is 5.50. The van der Waals surface area contributed by atoms with E-state index in [0.29, 0.717) is 0 Å². The van der Waals surface area contributed by atoms with Gasteiger partial charge in [0.1, 0.15) is 5.69 Å². The minimum absolute atomic E-state index is 0.0538. The Kier molecular flexibility index (Phi) is 2.32. The van der Waals surface area contributed by atoms with E-state index in [1.165, 1.54) is 16.0 Å². The largest absolute Gasteiger partial charge is 0.381 e. The molecule has 2 rings (SSSR count). The van der Waals surface area contributed by atoms with Crippen LogP contribution in [0.25, 0.3) is 11.3 Å². The van der Waals surface area contributed by atoms with Crippen molar-refractivity contribution >= 4 is 33.1 Å². The van der Waals surface area contributed by atoms with Crippen LogP contribution in [-0.2, 0) is 7.05 Å². The Labute approximate surface area is 92.5 Å². The summed E-state index contributed by atoms with van der Waals surface area (Å²) in [7, 11) is 1.61. The smallest absolute Gasteiger partial charge is 0.192 e. The van der Waals surface area contributed by atoms with Crippen LogP contribution in [0.1, 0.15) is 0 Å². The van der Waals surface area contributed by atoms with E-state index in [1.807, 2.05) is 5.38 Å². The first-order valence-electron chi connectivity index (χ1n) is 3.82. The van der Waals surface area contributed by atoms with Gasteiger partial charge in [-0.3, -0.25) is 0 Å². The van der Waals surface area contributed by atoms with E-state index in [0.717, 1.165) is 9.35 Å². The molecule has 74 valence electrons. The number of aromatic nitrogens is 2. The minimum Gasteiger partial charge on any atom is -0.381 e. The molecule has 0 spiro atoms. The molecule has 0 saturated carbocycles. The molecule has 0 atom stereocenters. The third-order valence-corrected chi connectivity index (χ3v) is 3.59. The SMILES string of the molecule is Cn1nc(-c2ccsc2Br)c(F)c1N. The average Bonchev–Trinajstić information content (AvgIpc) is 2.66.